The fourth-order valence-corrected chi connectivity index (χ4v) is 3.96. The number of benzene rings is 2. The van der Waals surface area contributed by atoms with E-state index in [1.54, 1.807) is 24.3 Å². The standard InChI is InChI=1S/C23H22ClN3O4/c1-13(2)14-7-9-15(10-8-14)25-19(28)11-27-18-12-31-22(29)20(18)21(26-23(27)30)16-5-3-4-6-17(16)24/h3-10,13,21H,11-12H2,1-2H3,(H,25,28)(H,26,30). The van der Waals surface area contributed by atoms with Crippen molar-refractivity contribution in [3.05, 3.63) is 76.0 Å². The summed E-state index contributed by atoms with van der Waals surface area (Å²) in [5.41, 5.74) is 3.06. The molecule has 8 heteroatoms. The molecule has 0 radical (unpaired) electrons. The van der Waals surface area contributed by atoms with Crippen LogP contribution in [-0.4, -0.2) is 36.0 Å². The van der Waals surface area contributed by atoms with Gasteiger partial charge in [-0.05, 0) is 35.2 Å². The number of nitrogens with one attached hydrogen (secondary N) is 2. The monoisotopic (exact) mass is 439 g/mol. The molecule has 2 aliphatic heterocycles. The Kier molecular flexibility index (Phi) is 5.69. The second-order valence-corrected chi connectivity index (χ2v) is 8.16. The van der Waals surface area contributed by atoms with Crippen molar-refractivity contribution in [3.63, 3.8) is 0 Å². The van der Waals surface area contributed by atoms with E-state index in [2.05, 4.69) is 24.5 Å². The van der Waals surface area contributed by atoms with Crippen molar-refractivity contribution in [3.8, 4) is 0 Å². The van der Waals surface area contributed by atoms with Crippen LogP contribution in [0.2, 0.25) is 5.02 Å². The maximum absolute atomic E-state index is 12.8. The van der Waals surface area contributed by atoms with Crippen LogP contribution in [0.5, 0.6) is 0 Å². The summed E-state index contributed by atoms with van der Waals surface area (Å²) in [7, 11) is 0. The fourth-order valence-electron chi connectivity index (χ4n) is 3.72. The number of anilines is 1. The molecule has 1 atom stereocenters. The third kappa shape index (κ3) is 4.14. The van der Waals surface area contributed by atoms with Crippen molar-refractivity contribution >= 4 is 35.2 Å². The van der Waals surface area contributed by atoms with Gasteiger partial charge in [-0.2, -0.15) is 0 Å². The smallest absolute Gasteiger partial charge is 0.338 e. The SMILES string of the molecule is CC(C)c1ccc(NC(=O)CN2C(=O)NC(c3ccccc3Cl)C3=C2COC3=O)cc1. The van der Waals surface area contributed by atoms with E-state index in [-0.39, 0.29) is 19.1 Å². The van der Waals surface area contributed by atoms with Crippen LogP contribution >= 0.6 is 11.6 Å². The second-order valence-electron chi connectivity index (χ2n) is 7.75. The molecule has 7 nitrogen and oxygen atoms in total. The average molecular weight is 440 g/mol. The molecule has 2 heterocycles. The van der Waals surface area contributed by atoms with Gasteiger partial charge in [-0.15, -0.1) is 0 Å². The van der Waals surface area contributed by atoms with E-state index in [1.807, 2.05) is 24.3 Å². The Labute approximate surface area is 185 Å². The molecule has 0 bridgehead atoms. The Morgan fingerprint density at radius 2 is 1.90 bits per heavy atom. The number of halogens is 1. The molecule has 3 amide bonds. The van der Waals surface area contributed by atoms with Gasteiger partial charge in [-0.3, -0.25) is 9.69 Å². The Hall–Kier alpha value is -3.32. The minimum absolute atomic E-state index is 0.0705. The first-order chi connectivity index (χ1) is 14.8. The summed E-state index contributed by atoms with van der Waals surface area (Å²) in [5, 5.41) is 5.99. The van der Waals surface area contributed by atoms with Gasteiger partial charge in [0.2, 0.25) is 5.91 Å². The third-order valence-electron chi connectivity index (χ3n) is 5.38. The van der Waals surface area contributed by atoms with Gasteiger partial charge in [0, 0.05) is 10.7 Å². The number of esters is 1. The van der Waals surface area contributed by atoms with Crippen LogP contribution < -0.4 is 10.6 Å². The van der Waals surface area contributed by atoms with Crippen LogP contribution in [0.4, 0.5) is 10.5 Å². The highest BCUT2D eigenvalue weighted by Crippen LogP contribution is 2.37. The summed E-state index contributed by atoms with van der Waals surface area (Å²) in [6.45, 7) is 3.87. The summed E-state index contributed by atoms with van der Waals surface area (Å²) in [6.07, 6.45) is 0. The van der Waals surface area contributed by atoms with Crippen LogP contribution in [0.15, 0.2) is 59.8 Å². The van der Waals surface area contributed by atoms with Crippen LogP contribution in [0.1, 0.15) is 36.9 Å². The molecule has 4 rings (SSSR count). The molecule has 0 aliphatic carbocycles. The predicted octanol–water partition coefficient (Wildman–Crippen LogP) is 3.98. The van der Waals surface area contributed by atoms with Gasteiger partial charge in [0.15, 0.2) is 0 Å². The summed E-state index contributed by atoms with van der Waals surface area (Å²) >= 11 is 6.28. The van der Waals surface area contributed by atoms with E-state index >= 15 is 0 Å². The lowest BCUT2D eigenvalue weighted by Gasteiger charge is -2.32. The molecule has 2 aliphatic rings. The lowest BCUT2D eigenvalue weighted by Crippen LogP contribution is -2.49. The summed E-state index contributed by atoms with van der Waals surface area (Å²) in [4.78, 5) is 39.1. The van der Waals surface area contributed by atoms with Gasteiger partial charge in [0.05, 0.1) is 17.3 Å². The molecule has 0 saturated carbocycles. The van der Waals surface area contributed by atoms with Gasteiger partial charge >= 0.3 is 12.0 Å². The number of amides is 3. The highest BCUT2D eigenvalue weighted by Gasteiger charge is 2.43. The molecule has 2 N–H and O–H groups in total. The minimum Gasteiger partial charge on any atom is -0.456 e. The topological polar surface area (TPSA) is 87.7 Å². The molecular weight excluding hydrogens is 418 g/mol. The molecule has 160 valence electrons. The number of carbonyl (C=O) groups excluding carboxylic acids is 3. The van der Waals surface area contributed by atoms with Crippen molar-refractivity contribution < 1.29 is 19.1 Å². The van der Waals surface area contributed by atoms with E-state index < -0.39 is 18.0 Å². The number of hydrogen-bond donors (Lipinski definition) is 2. The van der Waals surface area contributed by atoms with Gasteiger partial charge in [-0.25, -0.2) is 9.59 Å². The molecule has 2 aromatic rings. The van der Waals surface area contributed by atoms with Crippen LogP contribution in [0, 0.1) is 0 Å². The van der Waals surface area contributed by atoms with Crippen molar-refractivity contribution in [2.24, 2.45) is 0 Å². The molecule has 0 fully saturated rings. The fraction of sp³-hybridized carbons (Fsp3) is 0.261. The zero-order valence-electron chi connectivity index (χ0n) is 17.1. The Morgan fingerprint density at radius 1 is 1.19 bits per heavy atom. The maximum Gasteiger partial charge on any atom is 0.338 e. The molecule has 31 heavy (non-hydrogen) atoms. The first kappa shape index (κ1) is 20.9. The summed E-state index contributed by atoms with van der Waals surface area (Å²) in [6, 6.07) is 13.3. The lowest BCUT2D eigenvalue weighted by molar-refractivity contribution is -0.136. The number of hydrogen-bond acceptors (Lipinski definition) is 4. The summed E-state index contributed by atoms with van der Waals surface area (Å²) < 4.78 is 5.18. The highest BCUT2D eigenvalue weighted by atomic mass is 35.5. The number of carbonyl (C=O) groups is 3. The Balaban J connectivity index is 1.55. The molecule has 0 saturated heterocycles. The average Bonchev–Trinajstić information content (AvgIpc) is 3.12. The lowest BCUT2D eigenvalue weighted by atomic mass is 9.95. The van der Waals surface area contributed by atoms with Crippen molar-refractivity contribution in [2.45, 2.75) is 25.8 Å². The minimum atomic E-state index is -0.728. The van der Waals surface area contributed by atoms with Gasteiger partial charge < -0.3 is 15.4 Å². The second kappa shape index (κ2) is 8.43. The van der Waals surface area contributed by atoms with E-state index in [9.17, 15) is 14.4 Å². The zero-order valence-corrected chi connectivity index (χ0v) is 17.9. The van der Waals surface area contributed by atoms with Crippen molar-refractivity contribution in [2.75, 3.05) is 18.5 Å². The van der Waals surface area contributed by atoms with Crippen molar-refractivity contribution in [1.82, 2.24) is 10.2 Å². The first-order valence-electron chi connectivity index (χ1n) is 9.97. The van der Waals surface area contributed by atoms with Crippen molar-refractivity contribution in [1.29, 1.82) is 0 Å². The van der Waals surface area contributed by atoms with E-state index in [1.165, 1.54) is 4.90 Å². The maximum atomic E-state index is 12.8. The zero-order chi connectivity index (χ0) is 22.1. The summed E-state index contributed by atoms with van der Waals surface area (Å²) in [5.74, 6) is -0.525. The first-order valence-corrected chi connectivity index (χ1v) is 10.4. The molecule has 1 unspecified atom stereocenters. The Morgan fingerprint density at radius 3 is 2.58 bits per heavy atom. The van der Waals surface area contributed by atoms with Crippen LogP contribution in [0.25, 0.3) is 0 Å². The number of cyclic esters (lactones) is 1. The normalized spacial score (nSPS) is 18.1. The van der Waals surface area contributed by atoms with Gasteiger partial charge in [0.1, 0.15) is 13.2 Å². The number of ether oxygens (including phenoxy) is 1. The molecular formula is C23H22ClN3O4. The number of rotatable bonds is 5. The largest absolute Gasteiger partial charge is 0.456 e. The van der Waals surface area contributed by atoms with Gasteiger partial charge in [0.25, 0.3) is 0 Å². The quantitative estimate of drug-likeness (QED) is 0.690. The van der Waals surface area contributed by atoms with Crippen LogP contribution in [-0.2, 0) is 14.3 Å². The molecule has 0 spiro atoms. The van der Waals surface area contributed by atoms with E-state index in [0.717, 1.165) is 5.56 Å². The van der Waals surface area contributed by atoms with E-state index in [4.69, 9.17) is 16.3 Å². The number of nitrogens with zero attached hydrogens (tertiary/aromatic N) is 1. The predicted molar refractivity (Wildman–Crippen MR) is 117 cm³/mol. The molecule has 2 aromatic carbocycles. The van der Waals surface area contributed by atoms with Crippen LogP contribution in [0.3, 0.4) is 0 Å². The molecule has 0 aromatic heterocycles. The number of urea groups is 1. The third-order valence-corrected chi connectivity index (χ3v) is 5.72. The Bertz CT molecular complexity index is 1080. The van der Waals surface area contributed by atoms with E-state index in [0.29, 0.717) is 33.5 Å². The van der Waals surface area contributed by atoms with Gasteiger partial charge in [-0.1, -0.05) is 55.8 Å². The highest BCUT2D eigenvalue weighted by molar-refractivity contribution is 6.31.